The van der Waals surface area contributed by atoms with Crippen LogP contribution in [0, 0.1) is 0 Å². The van der Waals surface area contributed by atoms with Crippen molar-refractivity contribution in [3.8, 4) is 0 Å². The van der Waals surface area contributed by atoms with Crippen LogP contribution in [0.3, 0.4) is 0 Å². The average molecular weight is 590 g/mol. The molecule has 4 heterocycles. The number of piperazine rings is 1. The van der Waals surface area contributed by atoms with Crippen LogP contribution >= 0.6 is 0 Å². The standard InChI is InChI=1S/C37H43N5O2/c43-35-34(24-30-25-38-33-16-8-7-15-32(30)33)39-36(44)37(18-22-40(23-19-37)20-9-14-28-10-3-1-4-11-28)42(35)31-17-21-41(27-31)26-29-12-5-2-6-13-29/h1-8,10-13,15-16,25,31,34,38H,9,14,17-24,26-27H2,(H,39,44). The smallest absolute Gasteiger partial charge is 0.246 e. The number of piperidine rings is 1. The lowest BCUT2D eigenvalue weighted by Gasteiger charge is -2.53. The Kier molecular flexibility index (Phi) is 8.24. The van der Waals surface area contributed by atoms with Gasteiger partial charge in [0, 0.05) is 62.3 Å². The molecule has 2 N–H and O–H groups in total. The molecule has 3 saturated heterocycles. The molecular formula is C37H43N5O2. The van der Waals surface area contributed by atoms with Gasteiger partial charge in [0.15, 0.2) is 0 Å². The molecular weight excluding hydrogens is 546 g/mol. The summed E-state index contributed by atoms with van der Waals surface area (Å²) in [6.45, 7) is 5.28. The molecule has 1 spiro atoms. The molecule has 3 aromatic carbocycles. The van der Waals surface area contributed by atoms with Crippen molar-refractivity contribution < 1.29 is 9.59 Å². The van der Waals surface area contributed by atoms with E-state index in [2.05, 4.69) is 91.7 Å². The summed E-state index contributed by atoms with van der Waals surface area (Å²) in [4.78, 5) is 39.1. The normalized spacial score (nSPS) is 22.6. The maximum absolute atomic E-state index is 14.5. The maximum Gasteiger partial charge on any atom is 0.246 e. The van der Waals surface area contributed by atoms with E-state index in [0.29, 0.717) is 19.3 Å². The molecule has 3 aliphatic heterocycles. The Morgan fingerprint density at radius 2 is 1.50 bits per heavy atom. The molecule has 0 saturated carbocycles. The number of H-pyrrole nitrogens is 1. The summed E-state index contributed by atoms with van der Waals surface area (Å²) in [5, 5.41) is 4.35. The fourth-order valence-electron chi connectivity index (χ4n) is 7.80. The number of para-hydroxylation sites is 1. The highest BCUT2D eigenvalue weighted by molar-refractivity contribution is 6.00. The van der Waals surface area contributed by atoms with E-state index in [0.717, 1.165) is 75.0 Å². The number of likely N-dealkylation sites (tertiary alicyclic amines) is 2. The predicted molar refractivity (Wildman–Crippen MR) is 174 cm³/mol. The molecule has 1 aromatic heterocycles. The second kappa shape index (κ2) is 12.6. The van der Waals surface area contributed by atoms with E-state index in [1.54, 1.807) is 0 Å². The first-order chi connectivity index (χ1) is 21.6. The minimum absolute atomic E-state index is 0.0346. The second-order valence-corrected chi connectivity index (χ2v) is 12.9. The van der Waals surface area contributed by atoms with Crippen molar-refractivity contribution in [2.45, 2.75) is 62.7 Å². The van der Waals surface area contributed by atoms with Crippen molar-refractivity contribution in [3.05, 3.63) is 108 Å². The van der Waals surface area contributed by atoms with Crippen molar-refractivity contribution >= 4 is 22.7 Å². The first-order valence-electron chi connectivity index (χ1n) is 16.3. The number of carbonyl (C=O) groups excluding carboxylic acids is 2. The van der Waals surface area contributed by atoms with Gasteiger partial charge < -0.3 is 20.1 Å². The zero-order chi connectivity index (χ0) is 29.9. The second-order valence-electron chi connectivity index (χ2n) is 12.9. The third-order valence-corrected chi connectivity index (χ3v) is 10.2. The van der Waals surface area contributed by atoms with E-state index >= 15 is 0 Å². The van der Waals surface area contributed by atoms with Gasteiger partial charge in [-0.1, -0.05) is 78.9 Å². The van der Waals surface area contributed by atoms with Gasteiger partial charge in [0.25, 0.3) is 0 Å². The van der Waals surface area contributed by atoms with Gasteiger partial charge in [-0.2, -0.15) is 0 Å². The molecule has 2 unspecified atom stereocenters. The third kappa shape index (κ3) is 5.78. The maximum atomic E-state index is 14.5. The highest BCUT2D eigenvalue weighted by Crippen LogP contribution is 2.38. The van der Waals surface area contributed by atoms with Crippen molar-refractivity contribution in [1.82, 2.24) is 25.0 Å². The molecule has 7 heteroatoms. The Balaban J connectivity index is 1.09. The number of hydrogen-bond acceptors (Lipinski definition) is 4. The van der Waals surface area contributed by atoms with Crippen molar-refractivity contribution in [2.24, 2.45) is 0 Å². The van der Waals surface area contributed by atoms with Crippen LogP contribution in [0.15, 0.2) is 91.1 Å². The summed E-state index contributed by atoms with van der Waals surface area (Å²) in [5.74, 6) is 0.117. The van der Waals surface area contributed by atoms with Crippen LogP contribution in [-0.4, -0.2) is 81.8 Å². The zero-order valence-electron chi connectivity index (χ0n) is 25.5. The highest BCUT2D eigenvalue weighted by atomic mass is 16.2. The topological polar surface area (TPSA) is 71.7 Å². The molecule has 0 radical (unpaired) electrons. The number of nitrogens with one attached hydrogen (secondary N) is 2. The number of amides is 2. The van der Waals surface area contributed by atoms with Crippen molar-refractivity contribution in [3.63, 3.8) is 0 Å². The van der Waals surface area contributed by atoms with Gasteiger partial charge in [-0.05, 0) is 61.4 Å². The summed E-state index contributed by atoms with van der Waals surface area (Å²) in [6, 6.07) is 28.8. The first kappa shape index (κ1) is 28.8. The summed E-state index contributed by atoms with van der Waals surface area (Å²) >= 11 is 0. The molecule has 228 valence electrons. The minimum atomic E-state index is -0.781. The number of rotatable bonds is 9. The fraction of sp³-hybridized carbons (Fsp3) is 0.405. The number of hydrogen-bond donors (Lipinski definition) is 2. The number of benzene rings is 3. The van der Waals surface area contributed by atoms with Crippen LogP contribution in [0.5, 0.6) is 0 Å². The minimum Gasteiger partial charge on any atom is -0.361 e. The Hall–Kier alpha value is -3.94. The Bertz CT molecular complexity index is 1580. The first-order valence-corrected chi connectivity index (χ1v) is 16.3. The summed E-state index contributed by atoms with van der Waals surface area (Å²) in [6.07, 6.45) is 6.90. The quantitative estimate of drug-likeness (QED) is 0.295. The summed E-state index contributed by atoms with van der Waals surface area (Å²) in [5.41, 5.74) is 3.99. The van der Waals surface area contributed by atoms with E-state index in [9.17, 15) is 9.59 Å². The Morgan fingerprint density at radius 3 is 2.27 bits per heavy atom. The SMILES string of the molecule is O=C1C(Cc2c[nH]c3ccccc23)NC(=O)C2(CCN(CCCc3ccccc3)CC2)N1C1CCN(Cc2ccccc2)C1. The lowest BCUT2D eigenvalue weighted by molar-refractivity contribution is -0.164. The van der Waals surface area contributed by atoms with Crippen LogP contribution in [0.1, 0.15) is 42.4 Å². The summed E-state index contributed by atoms with van der Waals surface area (Å²) < 4.78 is 0. The fourth-order valence-corrected chi connectivity index (χ4v) is 7.80. The number of nitrogens with zero attached hydrogens (tertiary/aromatic N) is 3. The Morgan fingerprint density at radius 1 is 0.795 bits per heavy atom. The molecule has 0 aliphatic carbocycles. The third-order valence-electron chi connectivity index (χ3n) is 10.2. The average Bonchev–Trinajstić information content (AvgIpc) is 3.69. The van der Waals surface area contributed by atoms with Crippen LogP contribution in [0.4, 0.5) is 0 Å². The van der Waals surface area contributed by atoms with Crippen LogP contribution in [-0.2, 0) is 29.0 Å². The molecule has 3 aliphatic rings. The van der Waals surface area contributed by atoms with Crippen LogP contribution in [0.25, 0.3) is 10.9 Å². The van der Waals surface area contributed by atoms with E-state index in [-0.39, 0.29) is 17.9 Å². The molecule has 0 bridgehead atoms. The molecule has 7 nitrogen and oxygen atoms in total. The molecule has 4 aromatic rings. The van der Waals surface area contributed by atoms with Gasteiger partial charge in [0.05, 0.1) is 0 Å². The largest absolute Gasteiger partial charge is 0.361 e. The Labute approximate surface area is 260 Å². The van der Waals surface area contributed by atoms with Crippen LogP contribution < -0.4 is 5.32 Å². The number of fused-ring (bicyclic) bond motifs is 1. The predicted octanol–water partition coefficient (Wildman–Crippen LogP) is 4.78. The monoisotopic (exact) mass is 589 g/mol. The molecule has 2 atom stereocenters. The molecule has 2 amide bonds. The van der Waals surface area contributed by atoms with Gasteiger partial charge in [-0.15, -0.1) is 0 Å². The molecule has 7 rings (SSSR count). The van der Waals surface area contributed by atoms with Gasteiger partial charge in [-0.25, -0.2) is 0 Å². The van der Waals surface area contributed by atoms with Crippen molar-refractivity contribution in [2.75, 3.05) is 32.7 Å². The lowest BCUT2D eigenvalue weighted by atomic mass is 9.79. The van der Waals surface area contributed by atoms with E-state index in [4.69, 9.17) is 0 Å². The molecule has 44 heavy (non-hydrogen) atoms. The van der Waals surface area contributed by atoms with Gasteiger partial charge in [0.1, 0.15) is 11.6 Å². The van der Waals surface area contributed by atoms with Crippen LogP contribution in [0.2, 0.25) is 0 Å². The molecule has 3 fully saturated rings. The van der Waals surface area contributed by atoms with E-state index in [1.807, 2.05) is 24.4 Å². The lowest BCUT2D eigenvalue weighted by Crippen LogP contribution is -2.75. The van der Waals surface area contributed by atoms with Gasteiger partial charge in [-0.3, -0.25) is 14.5 Å². The zero-order valence-corrected chi connectivity index (χ0v) is 25.5. The van der Waals surface area contributed by atoms with Crippen molar-refractivity contribution in [1.29, 1.82) is 0 Å². The van der Waals surface area contributed by atoms with Gasteiger partial charge in [0.2, 0.25) is 11.8 Å². The van der Waals surface area contributed by atoms with E-state index < -0.39 is 11.6 Å². The summed E-state index contributed by atoms with van der Waals surface area (Å²) in [7, 11) is 0. The van der Waals surface area contributed by atoms with E-state index in [1.165, 1.54) is 11.1 Å². The number of carbonyl (C=O) groups is 2. The number of aryl methyl sites for hydroxylation is 1. The highest BCUT2D eigenvalue weighted by Gasteiger charge is 2.56. The van der Waals surface area contributed by atoms with Gasteiger partial charge >= 0.3 is 0 Å². The number of aromatic nitrogens is 1. The number of aromatic amines is 1.